The Balaban J connectivity index is 1.64. The van der Waals surface area contributed by atoms with Gasteiger partial charge in [-0.25, -0.2) is 0 Å². The Morgan fingerprint density at radius 1 is 1.42 bits per heavy atom. The largest absolute Gasteiger partial charge is 0.492 e. The molecule has 0 aromatic heterocycles. The van der Waals surface area contributed by atoms with Crippen LogP contribution in [0.1, 0.15) is 31.2 Å². The molecule has 1 aromatic rings. The molecule has 1 amide bonds. The fourth-order valence-corrected chi connectivity index (χ4v) is 2.56. The number of amides is 1. The van der Waals surface area contributed by atoms with Crippen molar-refractivity contribution in [3.8, 4) is 5.75 Å². The van der Waals surface area contributed by atoms with Crippen molar-refractivity contribution < 1.29 is 9.53 Å². The molecule has 1 aliphatic carbocycles. The van der Waals surface area contributed by atoms with Gasteiger partial charge in [-0.2, -0.15) is 0 Å². The minimum absolute atomic E-state index is 0.132. The fourth-order valence-electron chi connectivity index (χ4n) is 2.56. The number of rotatable bonds is 3. The molecule has 0 radical (unpaired) electrons. The van der Waals surface area contributed by atoms with E-state index in [1.165, 1.54) is 19.3 Å². The molecule has 2 aliphatic rings. The van der Waals surface area contributed by atoms with E-state index in [2.05, 4.69) is 10.6 Å². The maximum absolute atomic E-state index is 11.9. The van der Waals surface area contributed by atoms with E-state index < -0.39 is 0 Å². The molecule has 1 aliphatic heterocycles. The number of hydrogen-bond acceptors (Lipinski definition) is 3. The van der Waals surface area contributed by atoms with Gasteiger partial charge < -0.3 is 15.4 Å². The Morgan fingerprint density at radius 3 is 3.11 bits per heavy atom. The van der Waals surface area contributed by atoms with Crippen LogP contribution >= 0.6 is 0 Å². The molecule has 1 heterocycles. The molecule has 0 atom stereocenters. The Morgan fingerprint density at radius 2 is 2.32 bits per heavy atom. The van der Waals surface area contributed by atoms with Gasteiger partial charge in [-0.1, -0.05) is 6.42 Å². The van der Waals surface area contributed by atoms with Gasteiger partial charge in [-0.05, 0) is 37.0 Å². The summed E-state index contributed by atoms with van der Waals surface area (Å²) in [4.78, 5) is 11.9. The third-order valence-electron chi connectivity index (χ3n) is 3.89. The number of fused-ring (bicyclic) bond motifs is 1. The van der Waals surface area contributed by atoms with Crippen LogP contribution in [0.25, 0.3) is 0 Å². The van der Waals surface area contributed by atoms with Crippen molar-refractivity contribution in [1.29, 1.82) is 0 Å². The van der Waals surface area contributed by atoms with Crippen LogP contribution < -0.4 is 15.4 Å². The lowest BCUT2D eigenvalue weighted by molar-refractivity contribution is -0.117. The van der Waals surface area contributed by atoms with Crippen LogP contribution in [0.15, 0.2) is 18.2 Å². The second kappa shape index (κ2) is 5.61. The summed E-state index contributed by atoms with van der Waals surface area (Å²) in [6.45, 7) is 2.35. The zero-order valence-corrected chi connectivity index (χ0v) is 11.1. The van der Waals surface area contributed by atoms with E-state index in [1.54, 1.807) is 0 Å². The van der Waals surface area contributed by atoms with E-state index in [4.69, 9.17) is 4.74 Å². The summed E-state index contributed by atoms with van der Waals surface area (Å²) in [6, 6.07) is 5.87. The van der Waals surface area contributed by atoms with Crippen molar-refractivity contribution in [2.24, 2.45) is 5.92 Å². The highest BCUT2D eigenvalue weighted by atomic mass is 16.5. The van der Waals surface area contributed by atoms with Crippen LogP contribution in [0, 0.1) is 5.92 Å². The van der Waals surface area contributed by atoms with Crippen LogP contribution in [-0.4, -0.2) is 19.1 Å². The van der Waals surface area contributed by atoms with Gasteiger partial charge in [0.25, 0.3) is 0 Å². The second-order valence-corrected chi connectivity index (χ2v) is 5.40. The van der Waals surface area contributed by atoms with Crippen molar-refractivity contribution in [3.63, 3.8) is 0 Å². The molecule has 0 spiro atoms. The molecule has 0 saturated heterocycles. The van der Waals surface area contributed by atoms with E-state index in [9.17, 15) is 4.79 Å². The van der Waals surface area contributed by atoms with Crippen LogP contribution in [0.4, 0.5) is 5.69 Å². The highest BCUT2D eigenvalue weighted by molar-refractivity contribution is 5.91. The van der Waals surface area contributed by atoms with Crippen LogP contribution in [0.5, 0.6) is 5.75 Å². The minimum atomic E-state index is 0.132. The summed E-state index contributed by atoms with van der Waals surface area (Å²) in [6.07, 6.45) is 4.34. The molecular formula is C15H20N2O2. The highest BCUT2D eigenvalue weighted by Crippen LogP contribution is 2.30. The minimum Gasteiger partial charge on any atom is -0.492 e. The molecule has 1 aromatic carbocycles. The van der Waals surface area contributed by atoms with Gasteiger partial charge >= 0.3 is 0 Å². The lowest BCUT2D eigenvalue weighted by Gasteiger charge is -2.24. The number of carbonyl (C=O) groups is 1. The van der Waals surface area contributed by atoms with Gasteiger partial charge in [-0.3, -0.25) is 4.79 Å². The first kappa shape index (κ1) is 12.5. The van der Waals surface area contributed by atoms with Crippen molar-refractivity contribution in [2.75, 3.05) is 18.5 Å². The van der Waals surface area contributed by atoms with Gasteiger partial charge in [-0.15, -0.1) is 0 Å². The molecule has 2 N–H and O–H groups in total. The maximum atomic E-state index is 11.9. The average molecular weight is 260 g/mol. The molecule has 4 nitrogen and oxygen atoms in total. The van der Waals surface area contributed by atoms with Gasteiger partial charge in [0, 0.05) is 30.8 Å². The summed E-state index contributed by atoms with van der Waals surface area (Å²) in [5.41, 5.74) is 1.98. The first-order valence-corrected chi connectivity index (χ1v) is 7.07. The quantitative estimate of drug-likeness (QED) is 0.876. The smallest absolute Gasteiger partial charge is 0.224 e. The Kier molecular flexibility index (Phi) is 3.69. The number of carbonyl (C=O) groups excluding carboxylic acids is 1. The summed E-state index contributed by atoms with van der Waals surface area (Å²) in [7, 11) is 0. The predicted molar refractivity (Wildman–Crippen MR) is 74.2 cm³/mol. The first-order valence-electron chi connectivity index (χ1n) is 7.07. The summed E-state index contributed by atoms with van der Waals surface area (Å²) >= 11 is 0. The number of ether oxygens (including phenoxy) is 1. The third-order valence-corrected chi connectivity index (χ3v) is 3.89. The average Bonchev–Trinajstić information content (AvgIpc) is 2.58. The molecule has 0 unspecified atom stereocenters. The van der Waals surface area contributed by atoms with Gasteiger partial charge in [0.15, 0.2) is 0 Å². The summed E-state index contributed by atoms with van der Waals surface area (Å²) in [5, 5.41) is 6.29. The number of anilines is 1. The fraction of sp³-hybridized carbons (Fsp3) is 0.533. The van der Waals surface area contributed by atoms with Crippen LogP contribution in [0.3, 0.4) is 0 Å². The summed E-state index contributed by atoms with van der Waals surface area (Å²) < 4.78 is 5.62. The number of benzene rings is 1. The van der Waals surface area contributed by atoms with Crippen LogP contribution in [0.2, 0.25) is 0 Å². The van der Waals surface area contributed by atoms with E-state index >= 15 is 0 Å². The third kappa shape index (κ3) is 3.07. The Hall–Kier alpha value is -1.55. The van der Waals surface area contributed by atoms with E-state index in [1.807, 2.05) is 18.2 Å². The summed E-state index contributed by atoms with van der Waals surface area (Å²) in [5.74, 6) is 1.65. The van der Waals surface area contributed by atoms with Crippen LogP contribution in [-0.2, 0) is 11.3 Å². The number of hydrogen-bond donors (Lipinski definition) is 2. The highest BCUT2D eigenvalue weighted by Gasteiger charge is 2.20. The zero-order chi connectivity index (χ0) is 13.1. The molecule has 3 rings (SSSR count). The molecule has 0 bridgehead atoms. The lowest BCUT2D eigenvalue weighted by Crippen LogP contribution is -2.21. The number of nitrogens with one attached hydrogen (secondary N) is 2. The Labute approximate surface area is 113 Å². The first-order chi connectivity index (χ1) is 9.31. The maximum Gasteiger partial charge on any atom is 0.224 e. The zero-order valence-electron chi connectivity index (χ0n) is 11.1. The normalized spacial score (nSPS) is 18.7. The van der Waals surface area contributed by atoms with E-state index in [0.29, 0.717) is 18.9 Å². The van der Waals surface area contributed by atoms with Gasteiger partial charge in [0.1, 0.15) is 12.4 Å². The van der Waals surface area contributed by atoms with Crippen molar-refractivity contribution in [2.45, 2.75) is 32.2 Å². The van der Waals surface area contributed by atoms with Crippen molar-refractivity contribution in [3.05, 3.63) is 23.8 Å². The molecule has 1 fully saturated rings. The Bertz CT molecular complexity index is 469. The van der Waals surface area contributed by atoms with Gasteiger partial charge in [0.2, 0.25) is 5.91 Å². The second-order valence-electron chi connectivity index (χ2n) is 5.40. The molecule has 4 heteroatoms. The van der Waals surface area contributed by atoms with Gasteiger partial charge in [0.05, 0.1) is 0 Å². The molecular weight excluding hydrogens is 240 g/mol. The molecule has 19 heavy (non-hydrogen) atoms. The van der Waals surface area contributed by atoms with E-state index in [-0.39, 0.29) is 5.91 Å². The lowest BCUT2D eigenvalue weighted by atomic mass is 9.83. The van der Waals surface area contributed by atoms with E-state index in [0.717, 1.165) is 30.1 Å². The van der Waals surface area contributed by atoms with Crippen molar-refractivity contribution >= 4 is 11.6 Å². The SMILES string of the molecule is O=C(CC1CCC1)Nc1ccc2c(c1)CNCCO2. The molecule has 102 valence electrons. The molecule has 1 saturated carbocycles. The monoisotopic (exact) mass is 260 g/mol. The standard InChI is InChI=1S/C15H20N2O2/c18-15(8-11-2-1-3-11)17-13-4-5-14-12(9-13)10-16-6-7-19-14/h4-5,9,11,16H,1-3,6-8,10H2,(H,17,18). The van der Waals surface area contributed by atoms with Crippen molar-refractivity contribution in [1.82, 2.24) is 5.32 Å². The topological polar surface area (TPSA) is 50.4 Å². The predicted octanol–water partition coefficient (Wildman–Crippen LogP) is 2.30.